The second-order valence-electron chi connectivity index (χ2n) is 7.60. The Morgan fingerprint density at radius 3 is 2.76 bits per heavy atom. The summed E-state index contributed by atoms with van der Waals surface area (Å²) in [6.07, 6.45) is 0.325. The summed E-state index contributed by atoms with van der Waals surface area (Å²) in [5.74, 6) is -0.327. The van der Waals surface area contributed by atoms with Crippen molar-refractivity contribution in [3.63, 3.8) is 0 Å². The molecule has 0 saturated heterocycles. The average molecular weight is 486 g/mol. The fraction of sp³-hybridized carbons (Fsp3) is 0.208. The van der Waals surface area contributed by atoms with Crippen molar-refractivity contribution in [2.24, 2.45) is 0 Å². The molecule has 1 aliphatic heterocycles. The number of halogens is 2. The van der Waals surface area contributed by atoms with Gasteiger partial charge in [0.15, 0.2) is 6.79 Å². The number of nitrogens with zero attached hydrogens (tertiary/aromatic N) is 1. The minimum atomic E-state index is -0.551. The molecule has 2 N–H and O–H groups in total. The van der Waals surface area contributed by atoms with Crippen LogP contribution in [0.3, 0.4) is 0 Å². The van der Waals surface area contributed by atoms with E-state index in [2.05, 4.69) is 10.6 Å². The van der Waals surface area contributed by atoms with Gasteiger partial charge in [0.05, 0.1) is 11.5 Å². The van der Waals surface area contributed by atoms with E-state index < -0.39 is 16.6 Å². The maximum atomic E-state index is 13.9. The topological polar surface area (TPSA) is 103 Å². The van der Waals surface area contributed by atoms with Crippen LogP contribution in [0.1, 0.15) is 27.0 Å². The molecule has 0 bridgehead atoms. The van der Waals surface area contributed by atoms with E-state index in [-0.39, 0.29) is 43.4 Å². The smallest absolute Gasteiger partial charge is 0.293 e. The maximum Gasteiger partial charge on any atom is 0.293 e. The lowest BCUT2D eigenvalue weighted by Crippen LogP contribution is -2.26. The van der Waals surface area contributed by atoms with Gasteiger partial charge in [-0.05, 0) is 47.9 Å². The van der Waals surface area contributed by atoms with Crippen molar-refractivity contribution in [1.29, 1.82) is 0 Å². The minimum Gasteiger partial charge on any atom is -0.467 e. The highest BCUT2D eigenvalue weighted by Gasteiger charge is 2.19. The van der Waals surface area contributed by atoms with Crippen molar-refractivity contribution in [2.45, 2.75) is 19.6 Å². The molecule has 0 aliphatic carbocycles. The number of amides is 1. The van der Waals surface area contributed by atoms with Crippen molar-refractivity contribution in [1.82, 2.24) is 5.32 Å². The molecule has 0 atom stereocenters. The fourth-order valence-electron chi connectivity index (χ4n) is 3.66. The van der Waals surface area contributed by atoms with Gasteiger partial charge >= 0.3 is 0 Å². The minimum absolute atomic E-state index is 0.0819. The highest BCUT2D eigenvalue weighted by Crippen LogP contribution is 2.30. The summed E-state index contributed by atoms with van der Waals surface area (Å²) in [5.41, 5.74) is 2.20. The zero-order valence-electron chi connectivity index (χ0n) is 18.0. The largest absolute Gasteiger partial charge is 0.467 e. The lowest BCUT2D eigenvalue weighted by molar-refractivity contribution is -0.384. The number of fused-ring (bicyclic) bond motifs is 1. The Hall–Kier alpha value is -3.69. The monoisotopic (exact) mass is 485 g/mol. The van der Waals surface area contributed by atoms with Gasteiger partial charge in [0.1, 0.15) is 17.3 Å². The molecule has 10 heteroatoms. The average Bonchev–Trinajstić information content (AvgIpc) is 2.83. The number of hydrogen-bond acceptors (Lipinski definition) is 6. The number of benzene rings is 3. The summed E-state index contributed by atoms with van der Waals surface area (Å²) in [6, 6.07) is 14.1. The zero-order valence-corrected chi connectivity index (χ0v) is 18.7. The lowest BCUT2D eigenvalue weighted by atomic mass is 10.1. The van der Waals surface area contributed by atoms with E-state index in [1.807, 2.05) is 12.1 Å². The van der Waals surface area contributed by atoms with Crippen LogP contribution in [0.25, 0.3) is 0 Å². The number of nitrogens with one attached hydrogen (secondary N) is 2. The molecule has 0 spiro atoms. The van der Waals surface area contributed by atoms with Crippen LogP contribution in [-0.2, 0) is 24.3 Å². The Kier molecular flexibility index (Phi) is 7.24. The predicted molar refractivity (Wildman–Crippen MR) is 125 cm³/mol. The van der Waals surface area contributed by atoms with Gasteiger partial charge < -0.3 is 20.1 Å². The van der Waals surface area contributed by atoms with Gasteiger partial charge in [0, 0.05) is 35.3 Å². The van der Waals surface area contributed by atoms with E-state index in [4.69, 9.17) is 21.1 Å². The van der Waals surface area contributed by atoms with Crippen LogP contribution in [0.5, 0.6) is 5.75 Å². The molecular formula is C24H21ClFN3O5. The molecule has 1 aliphatic rings. The number of anilines is 1. The van der Waals surface area contributed by atoms with Crippen LogP contribution < -0.4 is 15.4 Å². The molecule has 0 aromatic heterocycles. The normalized spacial score (nSPS) is 12.4. The molecule has 1 heterocycles. The van der Waals surface area contributed by atoms with Crippen LogP contribution in [0.15, 0.2) is 54.6 Å². The van der Waals surface area contributed by atoms with E-state index in [0.717, 1.165) is 5.56 Å². The van der Waals surface area contributed by atoms with Gasteiger partial charge in [-0.3, -0.25) is 14.9 Å². The van der Waals surface area contributed by atoms with Crippen LogP contribution in [-0.4, -0.2) is 24.2 Å². The second-order valence-corrected chi connectivity index (χ2v) is 8.01. The summed E-state index contributed by atoms with van der Waals surface area (Å²) in [6.45, 7) is 0.821. The molecule has 3 aromatic rings. The summed E-state index contributed by atoms with van der Waals surface area (Å²) in [7, 11) is 0. The molecule has 8 nitrogen and oxygen atoms in total. The van der Waals surface area contributed by atoms with Crippen LogP contribution in [0.4, 0.5) is 15.8 Å². The molecule has 1 amide bonds. The summed E-state index contributed by atoms with van der Waals surface area (Å²) < 4.78 is 24.5. The number of carbonyl (C=O) groups is 1. The summed E-state index contributed by atoms with van der Waals surface area (Å²) in [5, 5.41) is 17.9. The Bertz CT molecular complexity index is 1240. The van der Waals surface area contributed by atoms with E-state index >= 15 is 0 Å². The van der Waals surface area contributed by atoms with E-state index in [9.17, 15) is 19.3 Å². The molecule has 176 valence electrons. The Labute approximate surface area is 199 Å². The molecule has 0 saturated carbocycles. The number of ether oxygens (including phenoxy) is 2. The Morgan fingerprint density at radius 2 is 1.97 bits per heavy atom. The molecule has 0 fully saturated rings. The SMILES string of the molecule is O=C(NCCc1cc(F)cc2c1OCOC2)c1ccc(NCc2ccccc2Cl)c([N+](=O)[O-])c1. The summed E-state index contributed by atoms with van der Waals surface area (Å²) in [4.78, 5) is 23.6. The molecule has 4 rings (SSSR count). The number of hydrogen-bond donors (Lipinski definition) is 2. The molecule has 0 radical (unpaired) electrons. The van der Waals surface area contributed by atoms with Gasteiger partial charge in [0.2, 0.25) is 0 Å². The first-order valence-electron chi connectivity index (χ1n) is 10.5. The molecule has 3 aromatic carbocycles. The maximum absolute atomic E-state index is 13.9. The van der Waals surface area contributed by atoms with Crippen LogP contribution >= 0.6 is 11.6 Å². The predicted octanol–water partition coefficient (Wildman–Crippen LogP) is 4.84. The third-order valence-electron chi connectivity index (χ3n) is 5.32. The molecule has 0 unspecified atom stereocenters. The highest BCUT2D eigenvalue weighted by molar-refractivity contribution is 6.31. The quantitative estimate of drug-likeness (QED) is 0.349. The molecule has 34 heavy (non-hydrogen) atoms. The van der Waals surface area contributed by atoms with Crippen molar-refractivity contribution < 1.29 is 23.6 Å². The standard InChI is InChI=1S/C24H21ClFN3O5/c25-20-4-2-1-3-17(20)12-28-21-6-5-16(11-22(21)29(31)32)24(30)27-8-7-15-9-19(26)10-18-13-33-14-34-23(15)18/h1-6,9-11,28H,7-8,12-14H2,(H,27,30). The number of nitro groups is 1. The second kappa shape index (κ2) is 10.5. The van der Waals surface area contributed by atoms with Crippen molar-refractivity contribution in [2.75, 3.05) is 18.7 Å². The van der Waals surface area contributed by atoms with E-state index in [1.54, 1.807) is 12.1 Å². The van der Waals surface area contributed by atoms with Crippen molar-refractivity contribution >= 4 is 28.9 Å². The zero-order chi connectivity index (χ0) is 24.1. The van der Waals surface area contributed by atoms with E-state index in [1.165, 1.54) is 30.3 Å². The Balaban J connectivity index is 1.41. The number of rotatable bonds is 8. The lowest BCUT2D eigenvalue weighted by Gasteiger charge is -2.21. The van der Waals surface area contributed by atoms with Crippen molar-refractivity contribution in [3.8, 4) is 5.75 Å². The summed E-state index contributed by atoms with van der Waals surface area (Å²) >= 11 is 6.14. The van der Waals surface area contributed by atoms with Gasteiger partial charge in [0.25, 0.3) is 11.6 Å². The van der Waals surface area contributed by atoms with Gasteiger partial charge in [-0.1, -0.05) is 29.8 Å². The first-order chi connectivity index (χ1) is 16.4. The first-order valence-corrected chi connectivity index (χ1v) is 10.9. The van der Waals surface area contributed by atoms with Crippen LogP contribution in [0.2, 0.25) is 5.02 Å². The van der Waals surface area contributed by atoms with E-state index in [0.29, 0.717) is 28.3 Å². The van der Waals surface area contributed by atoms with Crippen molar-refractivity contribution in [3.05, 3.63) is 97.8 Å². The fourth-order valence-corrected chi connectivity index (χ4v) is 3.86. The third-order valence-corrected chi connectivity index (χ3v) is 5.68. The van der Waals surface area contributed by atoms with Gasteiger partial charge in [-0.2, -0.15) is 0 Å². The molecular weight excluding hydrogens is 465 g/mol. The third kappa shape index (κ3) is 5.44. The highest BCUT2D eigenvalue weighted by atomic mass is 35.5. The number of carbonyl (C=O) groups excluding carboxylic acids is 1. The number of nitro benzene ring substituents is 1. The van der Waals surface area contributed by atoms with Gasteiger partial charge in [-0.25, -0.2) is 4.39 Å². The first kappa shape index (κ1) is 23.5. The Morgan fingerprint density at radius 1 is 1.15 bits per heavy atom. The van der Waals surface area contributed by atoms with Gasteiger partial charge in [-0.15, -0.1) is 0 Å². The van der Waals surface area contributed by atoms with Crippen LogP contribution in [0, 0.1) is 15.9 Å².